The molecule has 1 amide bonds. The predicted octanol–water partition coefficient (Wildman–Crippen LogP) is 7.19. The van der Waals surface area contributed by atoms with E-state index in [0.717, 1.165) is 63.1 Å². The Labute approximate surface area is 204 Å². The number of likely N-dealkylation sites (tertiary alicyclic amines) is 1. The van der Waals surface area contributed by atoms with Gasteiger partial charge < -0.3 is 9.64 Å². The first-order valence-electron chi connectivity index (χ1n) is 13.5. The zero-order valence-corrected chi connectivity index (χ0v) is 21.3. The van der Waals surface area contributed by atoms with Crippen molar-refractivity contribution in [2.75, 3.05) is 13.1 Å². The van der Waals surface area contributed by atoms with Gasteiger partial charge in [-0.2, -0.15) is 0 Å². The number of carbonyl (C=O) groups excluding carboxylic acids is 2. The number of unbranched alkanes of at least 4 members (excludes halogenated alkanes) is 1. The van der Waals surface area contributed by atoms with Gasteiger partial charge in [0.15, 0.2) is 5.78 Å². The molecular weight excluding hydrogens is 429 g/mol. The number of hydrogen-bond acceptors (Lipinski definition) is 3. The van der Waals surface area contributed by atoms with Crippen molar-refractivity contribution in [3.8, 4) is 0 Å². The number of ether oxygens (including phenoxy) is 1. The summed E-state index contributed by atoms with van der Waals surface area (Å²) >= 11 is 0. The van der Waals surface area contributed by atoms with Crippen LogP contribution in [-0.4, -0.2) is 36.0 Å². The zero-order valence-electron chi connectivity index (χ0n) is 21.3. The highest BCUT2D eigenvalue weighted by Gasteiger charge is 2.46. The van der Waals surface area contributed by atoms with E-state index in [1.165, 1.54) is 32.1 Å². The van der Waals surface area contributed by atoms with Gasteiger partial charge in [-0.15, -0.1) is 0 Å². The minimum atomic E-state index is -0.352. The molecule has 1 aliphatic heterocycles. The van der Waals surface area contributed by atoms with Gasteiger partial charge in [0.2, 0.25) is 0 Å². The Morgan fingerprint density at radius 1 is 1.09 bits per heavy atom. The summed E-state index contributed by atoms with van der Waals surface area (Å²) in [5, 5.41) is 0. The molecule has 0 bridgehead atoms. The number of nitrogens with zero attached hydrogens (tertiary/aromatic N) is 1. The number of rotatable bonds is 10. The van der Waals surface area contributed by atoms with Crippen molar-refractivity contribution in [2.45, 2.75) is 97.5 Å². The molecule has 0 radical (unpaired) electrons. The summed E-state index contributed by atoms with van der Waals surface area (Å²) in [5.74, 6) is 0.985. The van der Waals surface area contributed by atoms with E-state index in [1.807, 2.05) is 31.7 Å². The third-order valence-corrected chi connectivity index (χ3v) is 8.32. The van der Waals surface area contributed by atoms with E-state index in [9.17, 15) is 14.0 Å². The Bertz CT molecular complexity index is 862. The lowest BCUT2D eigenvalue weighted by molar-refractivity contribution is -0.0196. The topological polar surface area (TPSA) is 46.6 Å². The fourth-order valence-electron chi connectivity index (χ4n) is 6.12. The number of amides is 1. The molecule has 2 saturated carbocycles. The molecule has 188 valence electrons. The molecule has 1 saturated heterocycles. The molecule has 2 aliphatic carbocycles. The highest BCUT2D eigenvalue weighted by atomic mass is 19.1. The van der Waals surface area contributed by atoms with E-state index in [2.05, 4.69) is 0 Å². The van der Waals surface area contributed by atoms with Gasteiger partial charge in [-0.1, -0.05) is 38.7 Å². The van der Waals surface area contributed by atoms with Crippen LogP contribution in [0.4, 0.5) is 9.18 Å². The van der Waals surface area contributed by atoms with E-state index in [0.29, 0.717) is 11.3 Å². The first kappa shape index (κ1) is 25.2. The van der Waals surface area contributed by atoms with Gasteiger partial charge in [-0.3, -0.25) is 4.79 Å². The smallest absolute Gasteiger partial charge is 0.410 e. The van der Waals surface area contributed by atoms with E-state index in [4.69, 9.17) is 4.74 Å². The molecule has 1 atom stereocenters. The number of carbonyl (C=O) groups is 2. The van der Waals surface area contributed by atoms with Crippen LogP contribution in [0.2, 0.25) is 0 Å². The Kier molecular flexibility index (Phi) is 7.99. The van der Waals surface area contributed by atoms with Gasteiger partial charge in [0.1, 0.15) is 5.82 Å². The first-order chi connectivity index (χ1) is 16.2. The van der Waals surface area contributed by atoms with E-state index < -0.39 is 0 Å². The van der Waals surface area contributed by atoms with Crippen LogP contribution in [0, 0.1) is 29.0 Å². The minimum absolute atomic E-state index is 0.0440. The van der Waals surface area contributed by atoms with Gasteiger partial charge >= 0.3 is 6.09 Å². The average molecular weight is 472 g/mol. The van der Waals surface area contributed by atoms with Crippen LogP contribution in [0.1, 0.15) is 101 Å². The van der Waals surface area contributed by atoms with Crippen LogP contribution < -0.4 is 0 Å². The maximum absolute atomic E-state index is 14.6. The largest absolute Gasteiger partial charge is 0.447 e. The van der Waals surface area contributed by atoms with Crippen LogP contribution in [0.25, 0.3) is 0 Å². The van der Waals surface area contributed by atoms with Gasteiger partial charge in [0.05, 0.1) is 11.7 Å². The fraction of sp³-hybridized carbons (Fsp3) is 0.724. The van der Waals surface area contributed by atoms with Gasteiger partial charge in [-0.25, -0.2) is 9.18 Å². The second kappa shape index (κ2) is 10.8. The summed E-state index contributed by atoms with van der Waals surface area (Å²) < 4.78 is 19.9. The number of hydrogen-bond donors (Lipinski definition) is 0. The zero-order chi connectivity index (χ0) is 24.3. The highest BCUT2D eigenvalue weighted by Crippen LogP contribution is 2.54. The second-order valence-electron chi connectivity index (χ2n) is 11.7. The van der Waals surface area contributed by atoms with Crippen LogP contribution in [0.5, 0.6) is 0 Å². The van der Waals surface area contributed by atoms with Crippen LogP contribution in [-0.2, 0) is 11.2 Å². The normalized spacial score (nSPS) is 20.9. The molecule has 0 N–H and O–H groups in total. The number of ketones is 1. The van der Waals surface area contributed by atoms with E-state index in [-0.39, 0.29) is 35.3 Å². The van der Waals surface area contributed by atoms with Crippen molar-refractivity contribution in [3.05, 3.63) is 35.1 Å². The lowest BCUT2D eigenvalue weighted by atomic mass is 9.56. The van der Waals surface area contributed by atoms with Crippen molar-refractivity contribution in [3.63, 3.8) is 0 Å². The molecule has 0 aromatic heterocycles. The second-order valence-corrected chi connectivity index (χ2v) is 11.7. The van der Waals surface area contributed by atoms with Crippen molar-refractivity contribution in [2.24, 2.45) is 23.2 Å². The summed E-state index contributed by atoms with van der Waals surface area (Å²) in [6, 6.07) is 5.22. The monoisotopic (exact) mass is 471 g/mol. The van der Waals surface area contributed by atoms with Crippen molar-refractivity contribution >= 4 is 11.9 Å². The van der Waals surface area contributed by atoms with Crippen LogP contribution >= 0.6 is 0 Å². The summed E-state index contributed by atoms with van der Waals surface area (Å²) in [6.45, 7) is 7.36. The fourth-order valence-corrected chi connectivity index (χ4v) is 6.12. The molecule has 3 aliphatic rings. The molecule has 5 heteroatoms. The summed E-state index contributed by atoms with van der Waals surface area (Å²) in [5.41, 5.74) is 1.70. The predicted molar refractivity (Wildman–Crippen MR) is 132 cm³/mol. The molecule has 1 heterocycles. The van der Waals surface area contributed by atoms with Crippen molar-refractivity contribution in [1.29, 1.82) is 0 Å². The number of Topliss-reactive ketones (excluding diaryl/α,β-unsaturated/α-hetero) is 1. The molecule has 3 fully saturated rings. The highest BCUT2D eigenvalue weighted by molar-refractivity contribution is 5.97. The summed E-state index contributed by atoms with van der Waals surface area (Å²) in [4.78, 5) is 26.5. The van der Waals surface area contributed by atoms with Gasteiger partial charge in [-0.05, 0) is 93.7 Å². The summed E-state index contributed by atoms with van der Waals surface area (Å²) in [6.07, 6.45) is 12.2. The maximum atomic E-state index is 14.6. The minimum Gasteiger partial charge on any atom is -0.447 e. The first-order valence-corrected chi connectivity index (χ1v) is 13.5. The molecule has 34 heavy (non-hydrogen) atoms. The number of aryl methyl sites for hydroxylation is 1. The molecular formula is C29H42FNO3. The van der Waals surface area contributed by atoms with Gasteiger partial charge in [0, 0.05) is 19.0 Å². The lowest BCUT2D eigenvalue weighted by Crippen LogP contribution is -2.49. The average Bonchev–Trinajstić information content (AvgIpc) is 3.59. The number of halogens is 1. The van der Waals surface area contributed by atoms with E-state index >= 15 is 0 Å². The molecule has 4 rings (SSSR count). The quantitative estimate of drug-likeness (QED) is 0.268. The van der Waals surface area contributed by atoms with Crippen LogP contribution in [0.3, 0.4) is 0 Å². The molecule has 1 aromatic rings. The van der Waals surface area contributed by atoms with E-state index in [1.54, 1.807) is 12.1 Å². The third kappa shape index (κ3) is 6.40. The lowest BCUT2D eigenvalue weighted by Gasteiger charge is -2.52. The van der Waals surface area contributed by atoms with Crippen LogP contribution in [0.15, 0.2) is 18.2 Å². The SMILES string of the molecule is CC(C)OC(=O)N1CCC2(CC1)CC(CCCCc1ccc(C(=O)C(C)CC3CC3)c(F)c1)C2. The Balaban J connectivity index is 1.13. The molecule has 1 aromatic carbocycles. The van der Waals surface area contributed by atoms with Crippen molar-refractivity contribution < 1.29 is 18.7 Å². The summed E-state index contributed by atoms with van der Waals surface area (Å²) in [7, 11) is 0. The maximum Gasteiger partial charge on any atom is 0.410 e. The van der Waals surface area contributed by atoms with Gasteiger partial charge in [0.25, 0.3) is 0 Å². The Morgan fingerprint density at radius 2 is 1.79 bits per heavy atom. The standard InChI is InChI=1S/C29H42FNO3/c1-20(2)34-28(33)31-14-12-29(13-15-31)18-24(19-29)7-5-4-6-22-10-11-25(26(30)17-22)27(32)21(3)16-23-8-9-23/h10-11,17,20-21,23-24H,4-9,12-16,18-19H2,1-3H3. The Morgan fingerprint density at radius 3 is 2.41 bits per heavy atom. The molecule has 1 spiro atoms. The third-order valence-electron chi connectivity index (χ3n) is 8.32. The number of benzene rings is 1. The number of piperidine rings is 1. The molecule has 1 unspecified atom stereocenters. The molecule has 4 nitrogen and oxygen atoms in total. The Hall–Kier alpha value is -1.91. The van der Waals surface area contributed by atoms with Crippen molar-refractivity contribution in [1.82, 2.24) is 4.90 Å².